The number of rotatable bonds is 3. The predicted octanol–water partition coefficient (Wildman–Crippen LogP) is 2.64. The summed E-state index contributed by atoms with van der Waals surface area (Å²) in [5.74, 6) is 0.0131. The fourth-order valence-corrected chi connectivity index (χ4v) is 4.92. The van der Waals surface area contributed by atoms with Crippen LogP contribution in [0.5, 0.6) is 0 Å². The molecule has 2 fully saturated rings. The van der Waals surface area contributed by atoms with E-state index in [2.05, 4.69) is 21.3 Å². The first kappa shape index (κ1) is 16.3. The fraction of sp³-hybridized carbons (Fsp3) is 0.571. The predicted molar refractivity (Wildman–Crippen MR) is 102 cm³/mol. The summed E-state index contributed by atoms with van der Waals surface area (Å²) in [6.07, 6.45) is 7.31. The first-order valence-electron chi connectivity index (χ1n) is 10.1. The molecular formula is C21H27N3O2. The SMILES string of the molecule is O=C(N[C@H]1COC[C@@H]1N1CCCC1)c1ccc2c3c([nH]c2c1)CCCC3. The van der Waals surface area contributed by atoms with E-state index in [4.69, 9.17) is 4.74 Å². The molecular weight excluding hydrogens is 326 g/mol. The first-order valence-corrected chi connectivity index (χ1v) is 10.1. The van der Waals surface area contributed by atoms with E-state index in [1.54, 1.807) is 0 Å². The van der Waals surface area contributed by atoms with Crippen molar-refractivity contribution in [1.29, 1.82) is 0 Å². The smallest absolute Gasteiger partial charge is 0.251 e. The monoisotopic (exact) mass is 353 g/mol. The highest BCUT2D eigenvalue weighted by molar-refractivity contribution is 5.99. The Labute approximate surface area is 154 Å². The van der Waals surface area contributed by atoms with Gasteiger partial charge in [0.05, 0.1) is 25.3 Å². The summed E-state index contributed by atoms with van der Waals surface area (Å²) >= 11 is 0. The molecule has 0 saturated carbocycles. The van der Waals surface area contributed by atoms with Crippen LogP contribution < -0.4 is 5.32 Å². The van der Waals surface area contributed by atoms with Gasteiger partial charge in [0.25, 0.3) is 5.91 Å². The lowest BCUT2D eigenvalue weighted by atomic mass is 9.95. The Morgan fingerprint density at radius 2 is 1.96 bits per heavy atom. The van der Waals surface area contributed by atoms with Crippen LogP contribution in [-0.4, -0.2) is 54.2 Å². The van der Waals surface area contributed by atoms with E-state index in [-0.39, 0.29) is 11.9 Å². The normalized spacial score (nSPS) is 26.3. The Morgan fingerprint density at radius 1 is 1.12 bits per heavy atom. The van der Waals surface area contributed by atoms with Crippen LogP contribution in [0.3, 0.4) is 0 Å². The number of nitrogens with zero attached hydrogens (tertiary/aromatic N) is 1. The molecule has 1 amide bonds. The summed E-state index contributed by atoms with van der Waals surface area (Å²) in [6, 6.07) is 6.52. The van der Waals surface area contributed by atoms with Gasteiger partial charge >= 0.3 is 0 Å². The summed E-state index contributed by atoms with van der Waals surface area (Å²) in [4.78, 5) is 18.9. The third-order valence-electron chi connectivity index (χ3n) is 6.34. The van der Waals surface area contributed by atoms with Crippen LogP contribution in [-0.2, 0) is 17.6 Å². The second-order valence-electron chi connectivity index (χ2n) is 7.98. The Balaban J connectivity index is 1.35. The second kappa shape index (κ2) is 6.71. The van der Waals surface area contributed by atoms with Gasteiger partial charge in [-0.05, 0) is 69.3 Å². The van der Waals surface area contributed by atoms with E-state index in [9.17, 15) is 4.79 Å². The minimum absolute atomic E-state index is 0.0131. The lowest BCUT2D eigenvalue weighted by molar-refractivity contribution is 0.0916. The van der Waals surface area contributed by atoms with Gasteiger partial charge in [-0.25, -0.2) is 0 Å². The summed E-state index contributed by atoms with van der Waals surface area (Å²) in [7, 11) is 0. The number of likely N-dealkylation sites (tertiary alicyclic amines) is 1. The number of aromatic amines is 1. The van der Waals surface area contributed by atoms with Crippen molar-refractivity contribution in [3.05, 3.63) is 35.0 Å². The van der Waals surface area contributed by atoms with E-state index >= 15 is 0 Å². The van der Waals surface area contributed by atoms with Gasteiger partial charge in [0.1, 0.15) is 0 Å². The van der Waals surface area contributed by atoms with Crippen molar-refractivity contribution < 1.29 is 9.53 Å². The first-order chi connectivity index (χ1) is 12.8. The molecule has 0 unspecified atom stereocenters. The maximum atomic E-state index is 12.8. The number of benzene rings is 1. The van der Waals surface area contributed by atoms with Gasteiger partial charge in [-0.15, -0.1) is 0 Å². The molecule has 0 bridgehead atoms. The molecule has 1 aromatic carbocycles. The largest absolute Gasteiger partial charge is 0.378 e. The Hall–Kier alpha value is -1.85. The lowest BCUT2D eigenvalue weighted by Crippen LogP contribution is -2.50. The molecule has 2 N–H and O–H groups in total. The van der Waals surface area contributed by atoms with Crippen molar-refractivity contribution in [1.82, 2.24) is 15.2 Å². The topological polar surface area (TPSA) is 57.4 Å². The molecule has 0 spiro atoms. The molecule has 3 aliphatic rings. The Kier molecular flexibility index (Phi) is 4.21. The zero-order valence-electron chi connectivity index (χ0n) is 15.2. The molecule has 138 valence electrons. The zero-order chi connectivity index (χ0) is 17.5. The second-order valence-corrected chi connectivity index (χ2v) is 7.98. The number of aromatic nitrogens is 1. The van der Waals surface area contributed by atoms with E-state index in [1.807, 2.05) is 12.1 Å². The molecule has 26 heavy (non-hydrogen) atoms. The third kappa shape index (κ3) is 2.83. The van der Waals surface area contributed by atoms with Crippen LogP contribution in [0.25, 0.3) is 10.9 Å². The van der Waals surface area contributed by atoms with Gasteiger partial charge in [0, 0.05) is 22.2 Å². The van der Waals surface area contributed by atoms with Crippen LogP contribution >= 0.6 is 0 Å². The van der Waals surface area contributed by atoms with E-state index in [1.165, 1.54) is 42.3 Å². The minimum atomic E-state index is 0.0131. The van der Waals surface area contributed by atoms with E-state index in [0.29, 0.717) is 12.6 Å². The Morgan fingerprint density at radius 3 is 2.85 bits per heavy atom. The molecule has 2 saturated heterocycles. The number of carbonyl (C=O) groups is 1. The van der Waals surface area contributed by atoms with Crippen molar-refractivity contribution in [3.8, 4) is 0 Å². The number of nitrogens with one attached hydrogen (secondary N) is 2. The zero-order valence-corrected chi connectivity index (χ0v) is 15.2. The highest BCUT2D eigenvalue weighted by atomic mass is 16.5. The maximum Gasteiger partial charge on any atom is 0.251 e. The molecule has 5 nitrogen and oxygen atoms in total. The van der Waals surface area contributed by atoms with Gasteiger partial charge in [-0.3, -0.25) is 9.69 Å². The molecule has 2 aliphatic heterocycles. The van der Waals surface area contributed by atoms with E-state index < -0.39 is 0 Å². The van der Waals surface area contributed by atoms with Crippen molar-refractivity contribution in [2.24, 2.45) is 0 Å². The number of H-pyrrole nitrogens is 1. The van der Waals surface area contributed by atoms with Gasteiger partial charge in [0.15, 0.2) is 0 Å². The summed E-state index contributed by atoms with van der Waals surface area (Å²) in [6.45, 7) is 3.60. The number of hydrogen-bond donors (Lipinski definition) is 2. The lowest BCUT2D eigenvalue weighted by Gasteiger charge is -2.27. The minimum Gasteiger partial charge on any atom is -0.378 e. The van der Waals surface area contributed by atoms with Crippen LogP contribution in [0, 0.1) is 0 Å². The summed E-state index contributed by atoms with van der Waals surface area (Å²) in [5.41, 5.74) is 4.66. The van der Waals surface area contributed by atoms with Crippen LogP contribution in [0.4, 0.5) is 0 Å². The van der Waals surface area contributed by atoms with Crippen LogP contribution in [0.15, 0.2) is 18.2 Å². The number of hydrogen-bond acceptors (Lipinski definition) is 3. The molecule has 1 aliphatic carbocycles. The van der Waals surface area contributed by atoms with Gasteiger partial charge in [0.2, 0.25) is 0 Å². The number of amides is 1. The fourth-order valence-electron chi connectivity index (χ4n) is 4.92. The van der Waals surface area contributed by atoms with Crippen molar-refractivity contribution in [3.63, 3.8) is 0 Å². The standard InChI is InChI=1S/C21H27N3O2/c25-21(23-19-12-26-13-20(19)24-9-3-4-10-24)14-7-8-16-15-5-1-2-6-17(15)22-18(16)11-14/h7-8,11,19-20,22H,1-6,9-10,12-13H2,(H,23,25)/t19-,20-/m0/s1. The molecule has 0 radical (unpaired) electrons. The quantitative estimate of drug-likeness (QED) is 0.892. The molecule has 3 heterocycles. The number of fused-ring (bicyclic) bond motifs is 3. The number of ether oxygens (including phenoxy) is 1. The summed E-state index contributed by atoms with van der Waals surface area (Å²) < 4.78 is 5.68. The third-order valence-corrected chi connectivity index (χ3v) is 6.34. The molecule has 2 atom stereocenters. The van der Waals surface area contributed by atoms with E-state index in [0.717, 1.165) is 43.6 Å². The highest BCUT2D eigenvalue weighted by Crippen LogP contribution is 2.29. The average molecular weight is 353 g/mol. The van der Waals surface area contributed by atoms with Crippen LogP contribution in [0.2, 0.25) is 0 Å². The molecule has 2 aromatic rings. The number of carbonyl (C=O) groups excluding carboxylic acids is 1. The molecule has 5 heteroatoms. The summed E-state index contributed by atoms with van der Waals surface area (Å²) in [5, 5.41) is 4.52. The van der Waals surface area contributed by atoms with Gasteiger partial charge in [-0.2, -0.15) is 0 Å². The van der Waals surface area contributed by atoms with Crippen LogP contribution in [0.1, 0.15) is 47.3 Å². The Bertz CT molecular complexity index is 822. The highest BCUT2D eigenvalue weighted by Gasteiger charge is 2.35. The van der Waals surface area contributed by atoms with Gasteiger partial charge in [-0.1, -0.05) is 6.07 Å². The van der Waals surface area contributed by atoms with Crippen molar-refractivity contribution >= 4 is 16.8 Å². The number of aryl methyl sites for hydroxylation is 2. The molecule has 5 rings (SSSR count). The van der Waals surface area contributed by atoms with Crippen molar-refractivity contribution in [2.45, 2.75) is 50.6 Å². The van der Waals surface area contributed by atoms with Gasteiger partial charge < -0.3 is 15.0 Å². The van der Waals surface area contributed by atoms with Crippen molar-refractivity contribution in [2.75, 3.05) is 26.3 Å². The maximum absolute atomic E-state index is 12.8. The molecule has 1 aromatic heterocycles. The average Bonchev–Trinajstić information content (AvgIpc) is 3.40.